The van der Waals surface area contributed by atoms with Gasteiger partial charge in [0.1, 0.15) is 66.8 Å². The average Bonchev–Trinajstić information content (AvgIpc) is 4.17. The van der Waals surface area contributed by atoms with Crippen molar-refractivity contribution in [1.29, 1.82) is 0 Å². The number of ether oxygens (including phenoxy) is 4. The molecular formula is C32H44N15O24P4+. The highest BCUT2D eigenvalue weighted by atomic mass is 31.3. The van der Waals surface area contributed by atoms with E-state index in [-0.39, 0.29) is 51.2 Å². The standard InChI is InChI=1S/C32H43N15O24P4/c1-44-9-47(25-15(44)27(53)43-32(35)41-25)29-19(51)17(49)11(67-29)4-64-73(56,57)70-75(60,61)71-74(58,59)65-5-12-20(21(62-2)30(68-12)45-7-38-13-22(33)36-6-37-23(13)45)69-72(54,55)63-3-10-16(48)18(50)28(66-10)46-8-39-14-24(46)40-31(34)42-26(14)52/h6-12,16-21,28-30,48-51H,3-5H2,1-2H3,(H11-,33,34,35,36,37,40,41,42,43,52,53,54,55,56,57,58,59,60,61)/p+1/t10?,11?,12?,16-,17?,18-,19?,20-,21-,28?,29+,30?/m1/s1. The Bertz CT molecular complexity index is 3470. The summed E-state index contributed by atoms with van der Waals surface area (Å²) in [6, 6.07) is 0. The fraction of sp³-hybridized carbons (Fsp3) is 0.531. The normalized spacial score (nSPS) is 30.5. The maximum absolute atomic E-state index is 13.7. The largest absolute Gasteiger partial charge is 0.490 e. The van der Waals surface area contributed by atoms with Crippen LogP contribution in [0.2, 0.25) is 0 Å². The summed E-state index contributed by atoms with van der Waals surface area (Å²) in [6.45, 7) is -3.40. The van der Waals surface area contributed by atoms with E-state index in [2.05, 4.69) is 53.0 Å². The second kappa shape index (κ2) is 20.3. The third-order valence-electron chi connectivity index (χ3n) is 11.6. The minimum atomic E-state index is -6.20. The van der Waals surface area contributed by atoms with Crippen LogP contribution in [0, 0.1) is 0 Å². The van der Waals surface area contributed by atoms with Crippen molar-refractivity contribution in [1.82, 2.24) is 53.6 Å². The van der Waals surface area contributed by atoms with Gasteiger partial charge in [-0.2, -0.15) is 13.6 Å². The first-order valence-corrected chi connectivity index (χ1v) is 27.1. The summed E-state index contributed by atoms with van der Waals surface area (Å²) in [5.74, 6) is -0.716. The lowest BCUT2D eigenvalue weighted by molar-refractivity contribution is -0.745. The Balaban J connectivity index is 0.862. The number of aryl methyl sites for hydroxylation is 1. The van der Waals surface area contributed by atoms with E-state index in [1.807, 2.05) is 0 Å². The van der Waals surface area contributed by atoms with Crippen molar-refractivity contribution < 1.29 is 108 Å². The number of phosphoric ester groups is 3. The van der Waals surface area contributed by atoms with Crippen molar-refractivity contribution in [3.8, 4) is 0 Å². The van der Waals surface area contributed by atoms with E-state index in [4.69, 9.17) is 49.7 Å². The number of nitrogens with one attached hydrogen (secondary N) is 2. The van der Waals surface area contributed by atoms with Gasteiger partial charge in [-0.05, 0) is 0 Å². The molecule has 0 saturated carbocycles. The summed E-state index contributed by atoms with van der Waals surface area (Å²) in [5, 5.41) is 43.2. The van der Waals surface area contributed by atoms with E-state index in [0.29, 0.717) is 0 Å². The molecule has 0 bridgehead atoms. The van der Waals surface area contributed by atoms with Gasteiger partial charge in [0.15, 0.2) is 41.4 Å². The number of imidazole rings is 3. The maximum Gasteiger partial charge on any atom is 0.490 e. The van der Waals surface area contributed by atoms with Gasteiger partial charge in [0.05, 0.1) is 39.5 Å². The molecule has 39 nitrogen and oxygen atoms in total. The summed E-state index contributed by atoms with van der Waals surface area (Å²) in [5.41, 5.74) is 15.4. The van der Waals surface area contributed by atoms with Gasteiger partial charge in [-0.1, -0.05) is 4.98 Å². The fourth-order valence-electron chi connectivity index (χ4n) is 8.29. The zero-order valence-corrected chi connectivity index (χ0v) is 41.5. The number of nitrogen functional groups attached to an aromatic ring is 3. The molecule has 11 unspecified atom stereocenters. The van der Waals surface area contributed by atoms with Crippen LogP contribution in [0.1, 0.15) is 18.7 Å². The molecule has 410 valence electrons. The highest BCUT2D eigenvalue weighted by Crippen LogP contribution is 2.68. The van der Waals surface area contributed by atoms with Crippen LogP contribution in [-0.4, -0.2) is 175 Å². The fourth-order valence-corrected chi connectivity index (χ4v) is 12.8. The Labute approximate surface area is 414 Å². The topological polar surface area (TPSA) is 562 Å². The first-order chi connectivity index (χ1) is 35.2. The molecular weight excluding hydrogens is 1100 g/mol. The number of rotatable bonds is 19. The van der Waals surface area contributed by atoms with Crippen molar-refractivity contribution in [2.75, 3.05) is 44.1 Å². The molecule has 3 fully saturated rings. The number of nitrogens with zero attached hydrogens (tertiary/aromatic N) is 10. The number of aromatic amines is 2. The zero-order valence-electron chi connectivity index (χ0n) is 38.0. The number of aliphatic hydroxyl groups is 4. The maximum atomic E-state index is 13.7. The first kappa shape index (κ1) is 54.6. The molecule has 16 N–H and O–H groups in total. The number of hydrogen-bond donors (Lipinski definition) is 13. The van der Waals surface area contributed by atoms with E-state index in [1.54, 1.807) is 0 Å². The zero-order chi connectivity index (χ0) is 54.3. The van der Waals surface area contributed by atoms with Gasteiger partial charge in [-0.3, -0.25) is 51.4 Å². The van der Waals surface area contributed by atoms with E-state index >= 15 is 0 Å². The number of aliphatic hydroxyl groups excluding tert-OH is 4. The summed E-state index contributed by atoms with van der Waals surface area (Å²) in [6.07, 6.45) is -15.8. The molecule has 0 aliphatic carbocycles. The van der Waals surface area contributed by atoms with Gasteiger partial charge in [0.2, 0.25) is 17.7 Å². The summed E-state index contributed by atoms with van der Waals surface area (Å²) >= 11 is 0. The minimum absolute atomic E-state index is 0.00606. The lowest BCUT2D eigenvalue weighted by Crippen LogP contribution is -2.46. The number of nitrogens with two attached hydrogens (primary N) is 3. The second-order valence-corrected chi connectivity index (χ2v) is 22.5. The van der Waals surface area contributed by atoms with Crippen LogP contribution in [0.3, 0.4) is 0 Å². The van der Waals surface area contributed by atoms with Crippen LogP contribution in [0.4, 0.5) is 17.7 Å². The molecule has 0 aromatic carbocycles. The Kier molecular flexibility index (Phi) is 14.8. The van der Waals surface area contributed by atoms with Gasteiger partial charge >= 0.3 is 36.9 Å². The number of hydrogen-bond acceptors (Lipinski definition) is 29. The summed E-state index contributed by atoms with van der Waals surface area (Å²) in [7, 11) is -20.9. The summed E-state index contributed by atoms with van der Waals surface area (Å²) < 4.78 is 109. The highest BCUT2D eigenvalue weighted by Gasteiger charge is 2.54. The van der Waals surface area contributed by atoms with Gasteiger partial charge in [-0.25, -0.2) is 42.8 Å². The number of aromatic nitrogens is 12. The smallest absolute Gasteiger partial charge is 0.387 e. The van der Waals surface area contributed by atoms with Crippen molar-refractivity contribution in [3.05, 3.63) is 46.0 Å². The van der Waals surface area contributed by atoms with Crippen molar-refractivity contribution in [3.63, 3.8) is 0 Å². The Morgan fingerprint density at radius 1 is 0.667 bits per heavy atom. The van der Waals surface area contributed by atoms with Crippen molar-refractivity contribution in [2.24, 2.45) is 7.05 Å². The molecule has 16 atom stereocenters. The Morgan fingerprint density at radius 2 is 1.23 bits per heavy atom. The third-order valence-corrected chi connectivity index (χ3v) is 16.8. The van der Waals surface area contributed by atoms with E-state index in [0.717, 1.165) is 35.2 Å². The van der Waals surface area contributed by atoms with E-state index in [1.165, 1.54) is 22.5 Å². The molecule has 0 spiro atoms. The quantitative estimate of drug-likeness (QED) is 0.0268. The third kappa shape index (κ3) is 10.9. The highest BCUT2D eigenvalue weighted by molar-refractivity contribution is 7.66. The van der Waals surface area contributed by atoms with Crippen LogP contribution < -0.4 is 32.9 Å². The van der Waals surface area contributed by atoms with Crippen molar-refractivity contribution >= 4 is 82.5 Å². The van der Waals surface area contributed by atoms with Crippen molar-refractivity contribution in [2.45, 2.75) is 73.6 Å². The number of phosphoric acid groups is 4. The molecule has 9 heterocycles. The lowest BCUT2D eigenvalue weighted by atomic mass is 10.1. The molecule has 3 aliphatic rings. The number of H-pyrrole nitrogens is 2. The molecule has 75 heavy (non-hydrogen) atoms. The predicted octanol–water partition coefficient (Wildman–Crippen LogP) is -4.71. The molecule has 0 amide bonds. The molecule has 9 rings (SSSR count). The number of anilines is 3. The van der Waals surface area contributed by atoms with Crippen LogP contribution in [0.15, 0.2) is 34.9 Å². The predicted molar refractivity (Wildman–Crippen MR) is 239 cm³/mol. The molecule has 6 aromatic rings. The summed E-state index contributed by atoms with van der Waals surface area (Å²) in [4.78, 5) is 95.6. The Morgan fingerprint density at radius 3 is 1.89 bits per heavy atom. The van der Waals surface area contributed by atoms with Crippen LogP contribution in [-0.2, 0) is 71.0 Å². The average molecular weight is 1150 g/mol. The van der Waals surface area contributed by atoms with Gasteiger partial charge in [0, 0.05) is 7.11 Å². The molecule has 6 aromatic heterocycles. The number of methoxy groups -OCH3 is 1. The Hall–Kier alpha value is -5.15. The number of fused-ring (bicyclic) bond motifs is 3. The van der Waals surface area contributed by atoms with Gasteiger partial charge in [-0.15, -0.1) is 0 Å². The van der Waals surface area contributed by atoms with Crippen LogP contribution in [0.5, 0.6) is 0 Å². The molecule has 3 aliphatic heterocycles. The first-order valence-electron chi connectivity index (χ1n) is 21.2. The monoisotopic (exact) mass is 1150 g/mol. The SMILES string of the molecule is CO[C@H]1C(n2cnc3c(N)ncnc32)OC(COP(=O)(O)OP(=O)(O)OP(=O)(O)OCC2O[C@H]([n+]3cn(C)c4c(=O)[nH]c(N)nc43)C(O)C2O)[C@H]1OP(=O)(O)OCC1OC(n2cnc3c(=O)[nH]c(N)nc32)[C@H](O)[C@@H]1O. The van der Waals surface area contributed by atoms with Crippen LogP contribution in [0.25, 0.3) is 33.5 Å². The van der Waals surface area contributed by atoms with E-state index < -0.39 is 136 Å². The minimum Gasteiger partial charge on any atom is -0.387 e. The lowest BCUT2D eigenvalue weighted by Gasteiger charge is -2.26. The van der Waals surface area contributed by atoms with Gasteiger partial charge < -0.3 is 76.1 Å². The molecule has 3 saturated heterocycles. The van der Waals surface area contributed by atoms with Crippen LogP contribution >= 0.6 is 31.3 Å². The molecule has 43 heteroatoms. The van der Waals surface area contributed by atoms with E-state index in [9.17, 15) is 67.8 Å². The van der Waals surface area contributed by atoms with Gasteiger partial charge in [0.25, 0.3) is 17.1 Å². The second-order valence-electron chi connectivity index (χ2n) is 16.5. The molecule has 0 radical (unpaired) electrons.